The molecule has 1 amide bonds. The van der Waals surface area contributed by atoms with Crippen molar-refractivity contribution < 1.29 is 24.2 Å². The SMILES string of the molecule is O=C(O)CC(NC(=O)OCc1ccccc1)C1CCCCO1. The first-order valence-corrected chi connectivity index (χ1v) is 7.46. The summed E-state index contributed by atoms with van der Waals surface area (Å²) in [5.41, 5.74) is 0.876. The number of carboxylic acids is 1. The minimum atomic E-state index is -0.970. The van der Waals surface area contributed by atoms with Crippen molar-refractivity contribution in [1.29, 1.82) is 0 Å². The molecule has 22 heavy (non-hydrogen) atoms. The molecule has 1 aromatic carbocycles. The fourth-order valence-electron chi connectivity index (χ4n) is 2.46. The van der Waals surface area contributed by atoms with E-state index in [0.717, 1.165) is 24.8 Å². The van der Waals surface area contributed by atoms with Gasteiger partial charge in [0.15, 0.2) is 0 Å². The Hall–Kier alpha value is -2.08. The maximum absolute atomic E-state index is 11.9. The lowest BCUT2D eigenvalue weighted by Crippen LogP contribution is -2.47. The summed E-state index contributed by atoms with van der Waals surface area (Å²) in [7, 11) is 0. The number of rotatable bonds is 6. The molecule has 1 aromatic rings. The van der Waals surface area contributed by atoms with Crippen LogP contribution in [0.15, 0.2) is 30.3 Å². The van der Waals surface area contributed by atoms with E-state index in [0.29, 0.717) is 6.61 Å². The summed E-state index contributed by atoms with van der Waals surface area (Å²) < 4.78 is 10.7. The van der Waals surface area contributed by atoms with E-state index < -0.39 is 18.1 Å². The average molecular weight is 307 g/mol. The van der Waals surface area contributed by atoms with Crippen LogP contribution >= 0.6 is 0 Å². The summed E-state index contributed by atoms with van der Waals surface area (Å²) in [5.74, 6) is -0.970. The highest BCUT2D eigenvalue weighted by Crippen LogP contribution is 2.18. The Bertz CT molecular complexity index is 485. The number of carbonyl (C=O) groups is 2. The molecule has 1 fully saturated rings. The number of aliphatic carboxylic acids is 1. The van der Waals surface area contributed by atoms with E-state index in [4.69, 9.17) is 14.6 Å². The second-order valence-corrected chi connectivity index (χ2v) is 5.32. The molecule has 2 unspecified atom stereocenters. The van der Waals surface area contributed by atoms with Crippen LogP contribution in [-0.4, -0.2) is 35.9 Å². The van der Waals surface area contributed by atoms with Crippen molar-refractivity contribution in [2.24, 2.45) is 0 Å². The normalized spacial score (nSPS) is 19.2. The van der Waals surface area contributed by atoms with Crippen LogP contribution in [-0.2, 0) is 20.9 Å². The van der Waals surface area contributed by atoms with Crippen LogP contribution in [0, 0.1) is 0 Å². The quantitative estimate of drug-likeness (QED) is 0.842. The summed E-state index contributed by atoms with van der Waals surface area (Å²) >= 11 is 0. The van der Waals surface area contributed by atoms with Crippen LogP contribution in [0.3, 0.4) is 0 Å². The topological polar surface area (TPSA) is 84.9 Å². The van der Waals surface area contributed by atoms with Gasteiger partial charge in [0.05, 0.1) is 18.6 Å². The van der Waals surface area contributed by atoms with E-state index in [1.165, 1.54) is 0 Å². The zero-order valence-electron chi connectivity index (χ0n) is 12.4. The van der Waals surface area contributed by atoms with Gasteiger partial charge >= 0.3 is 12.1 Å². The van der Waals surface area contributed by atoms with Gasteiger partial charge in [-0.2, -0.15) is 0 Å². The van der Waals surface area contributed by atoms with E-state index >= 15 is 0 Å². The van der Waals surface area contributed by atoms with Gasteiger partial charge in [-0.15, -0.1) is 0 Å². The van der Waals surface area contributed by atoms with Gasteiger partial charge in [-0.25, -0.2) is 4.79 Å². The predicted molar refractivity (Wildman–Crippen MR) is 79.4 cm³/mol. The Morgan fingerprint density at radius 2 is 2.09 bits per heavy atom. The second kappa shape index (κ2) is 8.38. The lowest BCUT2D eigenvalue weighted by atomic mass is 10.00. The van der Waals surface area contributed by atoms with Gasteiger partial charge in [-0.1, -0.05) is 30.3 Å². The first-order valence-electron chi connectivity index (χ1n) is 7.46. The van der Waals surface area contributed by atoms with E-state index in [2.05, 4.69) is 5.32 Å². The first kappa shape index (κ1) is 16.3. The van der Waals surface area contributed by atoms with Gasteiger partial charge in [-0.05, 0) is 24.8 Å². The highest BCUT2D eigenvalue weighted by molar-refractivity contribution is 5.71. The highest BCUT2D eigenvalue weighted by atomic mass is 16.5. The average Bonchev–Trinajstić information content (AvgIpc) is 2.54. The number of nitrogens with one attached hydrogen (secondary N) is 1. The lowest BCUT2D eigenvalue weighted by Gasteiger charge is -2.29. The van der Waals surface area contributed by atoms with Gasteiger partial charge in [0.2, 0.25) is 0 Å². The van der Waals surface area contributed by atoms with Crippen molar-refractivity contribution in [3.05, 3.63) is 35.9 Å². The number of carbonyl (C=O) groups excluding carboxylic acids is 1. The molecule has 0 spiro atoms. The van der Waals surface area contributed by atoms with Crippen LogP contribution in [0.25, 0.3) is 0 Å². The molecule has 0 saturated carbocycles. The Labute approximate surface area is 129 Å². The molecule has 0 bridgehead atoms. The molecular weight excluding hydrogens is 286 g/mol. The first-order chi connectivity index (χ1) is 10.6. The molecule has 1 aliphatic rings. The molecule has 6 heteroatoms. The molecule has 1 saturated heterocycles. The van der Waals surface area contributed by atoms with E-state index in [9.17, 15) is 9.59 Å². The molecule has 0 radical (unpaired) electrons. The number of alkyl carbamates (subject to hydrolysis) is 1. The number of benzene rings is 1. The minimum Gasteiger partial charge on any atom is -0.481 e. The highest BCUT2D eigenvalue weighted by Gasteiger charge is 2.28. The number of amides is 1. The third-order valence-electron chi connectivity index (χ3n) is 3.57. The third kappa shape index (κ3) is 5.37. The molecule has 1 aliphatic heterocycles. The standard InChI is InChI=1S/C16H21NO5/c18-15(19)10-13(14-8-4-5-9-21-14)17-16(20)22-11-12-6-2-1-3-7-12/h1-3,6-7,13-14H,4-5,8-11H2,(H,17,20)(H,18,19). The maximum Gasteiger partial charge on any atom is 0.407 e. The van der Waals surface area contributed by atoms with E-state index in [1.54, 1.807) is 0 Å². The molecule has 0 aliphatic carbocycles. The maximum atomic E-state index is 11.9. The van der Waals surface area contributed by atoms with E-state index in [1.807, 2.05) is 30.3 Å². The van der Waals surface area contributed by atoms with Crippen LogP contribution < -0.4 is 5.32 Å². The Morgan fingerprint density at radius 1 is 1.32 bits per heavy atom. The number of ether oxygens (including phenoxy) is 2. The van der Waals surface area contributed by atoms with Gasteiger partial charge in [0, 0.05) is 6.61 Å². The summed E-state index contributed by atoms with van der Waals surface area (Å²) in [6.45, 7) is 0.750. The largest absolute Gasteiger partial charge is 0.481 e. The minimum absolute atomic E-state index is 0.151. The van der Waals surface area contributed by atoms with Gasteiger partial charge in [0.25, 0.3) is 0 Å². The number of hydrogen-bond donors (Lipinski definition) is 2. The fourth-order valence-corrected chi connectivity index (χ4v) is 2.46. The summed E-state index contributed by atoms with van der Waals surface area (Å²) in [5, 5.41) is 11.6. The molecule has 2 rings (SSSR count). The summed E-state index contributed by atoms with van der Waals surface area (Å²) in [6, 6.07) is 8.74. The molecule has 1 heterocycles. The lowest BCUT2D eigenvalue weighted by molar-refractivity contribution is -0.138. The number of hydrogen-bond acceptors (Lipinski definition) is 4. The Balaban J connectivity index is 1.85. The summed E-state index contributed by atoms with van der Waals surface area (Å²) in [6.07, 6.45) is 1.62. The van der Waals surface area contributed by atoms with E-state index in [-0.39, 0.29) is 19.1 Å². The molecule has 2 atom stereocenters. The molecule has 2 N–H and O–H groups in total. The van der Waals surface area contributed by atoms with Crippen molar-refractivity contribution in [2.45, 2.75) is 44.4 Å². The Morgan fingerprint density at radius 3 is 2.73 bits per heavy atom. The summed E-state index contributed by atoms with van der Waals surface area (Å²) in [4.78, 5) is 22.8. The fraction of sp³-hybridized carbons (Fsp3) is 0.500. The van der Waals surface area contributed by atoms with Gasteiger partial charge in [-0.3, -0.25) is 4.79 Å². The van der Waals surface area contributed by atoms with Gasteiger partial charge < -0.3 is 19.9 Å². The monoisotopic (exact) mass is 307 g/mol. The van der Waals surface area contributed by atoms with Crippen molar-refractivity contribution in [2.75, 3.05) is 6.61 Å². The van der Waals surface area contributed by atoms with Crippen molar-refractivity contribution in [3.8, 4) is 0 Å². The molecule has 120 valence electrons. The predicted octanol–water partition coefficient (Wildman–Crippen LogP) is 2.33. The Kier molecular flexibility index (Phi) is 6.21. The van der Waals surface area contributed by atoms with Gasteiger partial charge in [0.1, 0.15) is 6.61 Å². The van der Waals surface area contributed by atoms with Crippen molar-refractivity contribution >= 4 is 12.1 Å². The number of carboxylic acid groups (broad SMARTS) is 1. The smallest absolute Gasteiger partial charge is 0.407 e. The van der Waals surface area contributed by atoms with Crippen LogP contribution in [0.2, 0.25) is 0 Å². The third-order valence-corrected chi connectivity index (χ3v) is 3.57. The van der Waals surface area contributed by atoms with Crippen LogP contribution in [0.1, 0.15) is 31.2 Å². The van der Waals surface area contributed by atoms with Crippen LogP contribution in [0.4, 0.5) is 4.79 Å². The van der Waals surface area contributed by atoms with Crippen molar-refractivity contribution in [1.82, 2.24) is 5.32 Å². The molecular formula is C16H21NO5. The van der Waals surface area contributed by atoms with Crippen molar-refractivity contribution in [3.63, 3.8) is 0 Å². The van der Waals surface area contributed by atoms with Crippen LogP contribution in [0.5, 0.6) is 0 Å². The molecule has 6 nitrogen and oxygen atoms in total. The molecule has 0 aromatic heterocycles. The zero-order valence-corrected chi connectivity index (χ0v) is 12.4. The second-order valence-electron chi connectivity index (χ2n) is 5.32. The zero-order chi connectivity index (χ0) is 15.8.